The van der Waals surface area contributed by atoms with E-state index in [0.717, 1.165) is 0 Å². The first kappa shape index (κ1) is 39.4. The van der Waals surface area contributed by atoms with E-state index in [9.17, 15) is 19.2 Å². The van der Waals surface area contributed by atoms with Gasteiger partial charge in [0, 0.05) is 50.1 Å². The van der Waals surface area contributed by atoms with E-state index in [-0.39, 0.29) is 44.0 Å². The summed E-state index contributed by atoms with van der Waals surface area (Å²) in [4.78, 5) is 52.3. The fourth-order valence-electron chi connectivity index (χ4n) is 3.62. The summed E-state index contributed by atoms with van der Waals surface area (Å²) in [6.07, 6.45) is -1.08. The first-order valence-corrected chi connectivity index (χ1v) is 16.5. The molecule has 0 radical (unpaired) electrons. The maximum atomic E-state index is 12.9. The lowest BCUT2D eigenvalue weighted by molar-refractivity contribution is -0.170. The van der Waals surface area contributed by atoms with Crippen molar-refractivity contribution in [2.45, 2.75) is 86.0 Å². The van der Waals surface area contributed by atoms with E-state index in [1.165, 1.54) is 13.8 Å². The van der Waals surface area contributed by atoms with Crippen molar-refractivity contribution in [2.24, 2.45) is 0 Å². The molecule has 0 aliphatic rings. The number of carbonyl (C=O) groups is 4. The summed E-state index contributed by atoms with van der Waals surface area (Å²) in [7, 11) is -3.01. The summed E-state index contributed by atoms with van der Waals surface area (Å²) in [5.41, 5.74) is 0.208. The maximum absolute atomic E-state index is 12.9. The van der Waals surface area contributed by atoms with Gasteiger partial charge in [-0.2, -0.15) is 0 Å². The van der Waals surface area contributed by atoms with Crippen LogP contribution in [-0.4, -0.2) is 102 Å². The first-order chi connectivity index (χ1) is 19.9. The molecule has 0 aromatic heterocycles. The molecule has 0 aliphatic heterocycles. The Morgan fingerprint density at radius 3 is 1.38 bits per heavy atom. The SMILES string of the molecule is C=C(C)C(=O)OC(CN(CCC[Si](OCC)(OCC)OCC)CC(OC(=O)C(=C)C)C(=O)OCCC)C(=O)OCCC. The standard InChI is InChI=1S/C29H51NO11Si/c1-10-17-35-28(33)24(40-26(31)22(6)7)20-30(16-15-19-42(37-12-3,38-13-4)39-14-5)21-25(29(34)36-18-11-2)41-27(32)23(8)9/h24-25H,6,8,10-21H2,1-5,7,9H3. The smallest absolute Gasteiger partial charge is 0.463 e. The van der Waals surface area contributed by atoms with Crippen LogP contribution in [0.1, 0.15) is 67.7 Å². The molecule has 0 bridgehead atoms. The second-order valence-electron chi connectivity index (χ2n) is 9.53. The van der Waals surface area contributed by atoms with Gasteiger partial charge in [-0.05, 0) is 60.4 Å². The topological polar surface area (TPSA) is 136 Å². The predicted octanol–water partition coefficient (Wildman–Crippen LogP) is 3.61. The lowest BCUT2D eigenvalue weighted by Crippen LogP contribution is -2.49. The van der Waals surface area contributed by atoms with Crippen molar-refractivity contribution in [1.29, 1.82) is 0 Å². The highest BCUT2D eigenvalue weighted by Crippen LogP contribution is 2.19. The highest BCUT2D eigenvalue weighted by molar-refractivity contribution is 6.60. The quantitative estimate of drug-likeness (QED) is 0.0677. The lowest BCUT2D eigenvalue weighted by atomic mass is 10.2. The van der Waals surface area contributed by atoms with E-state index in [2.05, 4.69) is 13.2 Å². The minimum Gasteiger partial charge on any atom is -0.463 e. The molecular formula is C29H51NO11Si. The van der Waals surface area contributed by atoms with E-state index in [4.69, 9.17) is 32.2 Å². The van der Waals surface area contributed by atoms with Gasteiger partial charge in [-0.15, -0.1) is 0 Å². The van der Waals surface area contributed by atoms with Crippen LogP contribution in [-0.2, 0) is 51.4 Å². The van der Waals surface area contributed by atoms with Crippen molar-refractivity contribution < 1.29 is 51.4 Å². The number of nitrogens with zero attached hydrogens (tertiary/aromatic N) is 1. The molecule has 0 rings (SSSR count). The van der Waals surface area contributed by atoms with Crippen LogP contribution in [0.2, 0.25) is 6.04 Å². The van der Waals surface area contributed by atoms with Crippen LogP contribution in [0.15, 0.2) is 24.3 Å². The minimum absolute atomic E-state index is 0.104. The van der Waals surface area contributed by atoms with Gasteiger partial charge in [-0.1, -0.05) is 27.0 Å². The molecule has 0 amide bonds. The molecule has 0 saturated heterocycles. The third kappa shape index (κ3) is 15.6. The molecule has 0 aliphatic carbocycles. The van der Waals surface area contributed by atoms with Crippen LogP contribution in [0.3, 0.4) is 0 Å². The summed E-state index contributed by atoms with van der Waals surface area (Å²) in [6.45, 7) is 20.8. The fourth-order valence-corrected chi connectivity index (χ4v) is 6.21. The monoisotopic (exact) mass is 617 g/mol. The highest BCUT2D eigenvalue weighted by Gasteiger charge is 2.40. The summed E-state index contributed by atoms with van der Waals surface area (Å²) < 4.78 is 39.3. The molecular weight excluding hydrogens is 566 g/mol. The Hall–Kier alpha value is -2.58. The lowest BCUT2D eigenvalue weighted by Gasteiger charge is -2.31. The van der Waals surface area contributed by atoms with Crippen molar-refractivity contribution in [3.8, 4) is 0 Å². The first-order valence-electron chi connectivity index (χ1n) is 14.6. The van der Waals surface area contributed by atoms with Crippen molar-refractivity contribution in [1.82, 2.24) is 4.90 Å². The van der Waals surface area contributed by atoms with Gasteiger partial charge in [0.25, 0.3) is 0 Å². The molecule has 0 aromatic carbocycles. The van der Waals surface area contributed by atoms with E-state index in [0.29, 0.717) is 45.1 Å². The van der Waals surface area contributed by atoms with Crippen LogP contribution in [0.25, 0.3) is 0 Å². The Bertz CT molecular complexity index is 809. The van der Waals surface area contributed by atoms with Gasteiger partial charge >= 0.3 is 32.7 Å². The van der Waals surface area contributed by atoms with Crippen LogP contribution < -0.4 is 0 Å². The molecule has 12 nitrogen and oxygen atoms in total. The van der Waals surface area contributed by atoms with Gasteiger partial charge in [-0.3, -0.25) is 4.90 Å². The molecule has 42 heavy (non-hydrogen) atoms. The van der Waals surface area contributed by atoms with Gasteiger partial charge in [0.1, 0.15) is 0 Å². The molecule has 0 aromatic rings. The molecule has 242 valence electrons. The van der Waals surface area contributed by atoms with E-state index in [1.54, 1.807) is 4.90 Å². The molecule has 0 heterocycles. The second-order valence-corrected chi connectivity index (χ2v) is 12.3. The number of hydrogen-bond donors (Lipinski definition) is 0. The largest absolute Gasteiger partial charge is 0.500 e. The Labute approximate surface area is 252 Å². The molecule has 2 unspecified atom stereocenters. The summed E-state index contributed by atoms with van der Waals surface area (Å²) in [5, 5.41) is 0. The average Bonchev–Trinajstić information content (AvgIpc) is 2.93. The van der Waals surface area contributed by atoms with Gasteiger partial charge < -0.3 is 32.2 Å². The highest BCUT2D eigenvalue weighted by atomic mass is 28.4. The van der Waals surface area contributed by atoms with Crippen LogP contribution in [0, 0.1) is 0 Å². The molecule has 0 fully saturated rings. The number of rotatable bonds is 24. The molecule has 2 atom stereocenters. The van der Waals surface area contributed by atoms with Gasteiger partial charge in [0.15, 0.2) is 0 Å². The Balaban J connectivity index is 6.27. The van der Waals surface area contributed by atoms with Gasteiger partial charge in [-0.25, -0.2) is 19.2 Å². The van der Waals surface area contributed by atoms with E-state index in [1.807, 2.05) is 34.6 Å². The minimum atomic E-state index is -3.01. The second kappa shape index (κ2) is 22.0. The molecule has 0 spiro atoms. The summed E-state index contributed by atoms with van der Waals surface area (Å²) in [6, 6.07) is 0.437. The number of hydrogen-bond acceptors (Lipinski definition) is 12. The van der Waals surface area contributed by atoms with Crippen LogP contribution >= 0.6 is 0 Å². The third-order valence-corrected chi connectivity index (χ3v) is 8.67. The Morgan fingerprint density at radius 1 is 0.690 bits per heavy atom. The molecule has 0 N–H and O–H groups in total. The average molecular weight is 618 g/mol. The van der Waals surface area contributed by atoms with Crippen molar-refractivity contribution in [3.05, 3.63) is 24.3 Å². The Morgan fingerprint density at radius 2 is 1.07 bits per heavy atom. The summed E-state index contributed by atoms with van der Waals surface area (Å²) >= 11 is 0. The molecule has 0 saturated carbocycles. The van der Waals surface area contributed by atoms with Gasteiger partial charge in [0.05, 0.1) is 13.2 Å². The van der Waals surface area contributed by atoms with E-state index < -0.39 is 44.9 Å². The van der Waals surface area contributed by atoms with E-state index >= 15 is 0 Å². The van der Waals surface area contributed by atoms with Crippen molar-refractivity contribution >= 4 is 32.7 Å². The predicted molar refractivity (Wildman–Crippen MR) is 158 cm³/mol. The van der Waals surface area contributed by atoms with Crippen LogP contribution in [0.5, 0.6) is 0 Å². The fraction of sp³-hybridized carbons (Fsp3) is 0.724. The maximum Gasteiger partial charge on any atom is 0.500 e. The zero-order valence-electron chi connectivity index (χ0n) is 26.5. The normalized spacial score (nSPS) is 12.8. The summed E-state index contributed by atoms with van der Waals surface area (Å²) in [5.74, 6) is -3.03. The van der Waals surface area contributed by atoms with Crippen molar-refractivity contribution in [2.75, 3.05) is 52.7 Å². The number of carbonyl (C=O) groups excluding carboxylic acids is 4. The van der Waals surface area contributed by atoms with Crippen molar-refractivity contribution in [3.63, 3.8) is 0 Å². The van der Waals surface area contributed by atoms with Gasteiger partial charge in [0.2, 0.25) is 12.2 Å². The zero-order chi connectivity index (χ0) is 32.1. The number of ether oxygens (including phenoxy) is 4. The third-order valence-electron chi connectivity index (χ3n) is 5.52. The molecule has 13 heteroatoms. The Kier molecular flexibility index (Phi) is 20.7. The van der Waals surface area contributed by atoms with Crippen LogP contribution in [0.4, 0.5) is 0 Å². The number of esters is 4. The zero-order valence-corrected chi connectivity index (χ0v) is 27.5.